The van der Waals surface area contributed by atoms with Crippen LogP contribution in [0.15, 0.2) is 42.5 Å². The summed E-state index contributed by atoms with van der Waals surface area (Å²) >= 11 is 0. The largest absolute Gasteiger partial charge is 0.399 e. The molecule has 0 spiro atoms. The fraction of sp³-hybridized carbons (Fsp3) is 0.478. The van der Waals surface area contributed by atoms with Gasteiger partial charge in [-0.1, -0.05) is 31.2 Å². The zero-order chi connectivity index (χ0) is 18.8. The van der Waals surface area contributed by atoms with Crippen molar-refractivity contribution in [1.82, 2.24) is 4.90 Å². The number of nitrogen functional groups attached to an aromatic ring is 1. The number of piperidine rings is 1. The minimum absolute atomic E-state index is 0.0635. The average molecular weight is 366 g/mol. The Bertz CT molecular complexity index is 838. The number of hydrogen-bond acceptors (Lipinski definition) is 3. The fourth-order valence-corrected chi connectivity index (χ4v) is 6.18. The van der Waals surface area contributed by atoms with Gasteiger partial charge in [0.05, 0.1) is 5.60 Å². The molecule has 0 aromatic heterocycles. The molecule has 0 amide bonds. The molecular weight excluding hydrogens is 339 g/mol. The van der Waals surface area contributed by atoms with Crippen LogP contribution in [0.1, 0.15) is 30.0 Å². The van der Waals surface area contributed by atoms with E-state index in [0.29, 0.717) is 17.5 Å². The lowest BCUT2D eigenvalue weighted by molar-refractivity contribution is 0.0139. The van der Waals surface area contributed by atoms with Crippen molar-refractivity contribution in [2.45, 2.75) is 37.2 Å². The summed E-state index contributed by atoms with van der Waals surface area (Å²) in [5.74, 6) is 0.838. The number of likely N-dealkylation sites (tertiary alicyclic amines) is 1. The molecule has 142 valence electrons. The van der Waals surface area contributed by atoms with Crippen molar-refractivity contribution < 1.29 is 9.50 Å². The highest BCUT2D eigenvalue weighted by molar-refractivity contribution is 5.48. The average Bonchev–Trinajstić information content (AvgIpc) is 2.90. The Morgan fingerprint density at radius 1 is 1.11 bits per heavy atom. The van der Waals surface area contributed by atoms with Crippen LogP contribution in [0, 0.1) is 17.7 Å². The van der Waals surface area contributed by atoms with E-state index < -0.39 is 5.60 Å². The molecule has 3 N–H and O–H groups in total. The number of aliphatic hydroxyl groups is 1. The number of rotatable bonds is 4. The molecule has 2 fully saturated rings. The molecule has 1 aliphatic heterocycles. The molecule has 1 saturated heterocycles. The first kappa shape index (κ1) is 17.2. The monoisotopic (exact) mass is 366 g/mol. The zero-order valence-corrected chi connectivity index (χ0v) is 15.8. The highest BCUT2D eigenvalue weighted by Gasteiger charge is 2.67. The van der Waals surface area contributed by atoms with Crippen LogP contribution in [0.4, 0.5) is 10.1 Å². The molecule has 4 heteroatoms. The van der Waals surface area contributed by atoms with Crippen molar-refractivity contribution in [3.05, 3.63) is 65.0 Å². The minimum Gasteiger partial charge on any atom is -0.399 e. The van der Waals surface area contributed by atoms with Crippen molar-refractivity contribution in [2.24, 2.45) is 11.8 Å². The van der Waals surface area contributed by atoms with Crippen molar-refractivity contribution in [3.8, 4) is 0 Å². The highest BCUT2D eigenvalue weighted by atomic mass is 19.1. The van der Waals surface area contributed by atoms with Gasteiger partial charge in [0.15, 0.2) is 0 Å². The molecule has 2 aromatic carbocycles. The van der Waals surface area contributed by atoms with Gasteiger partial charge in [-0.15, -0.1) is 0 Å². The lowest BCUT2D eigenvalue weighted by Crippen LogP contribution is -2.45. The maximum absolute atomic E-state index is 13.9. The SMILES string of the molecule is CC[C@]1(c2cc(N)cc(F)c2)[C@@H]2CN(CC3(O)Cc4ccccc4C3)C[C@@H]21. The summed E-state index contributed by atoms with van der Waals surface area (Å²) in [7, 11) is 0. The van der Waals surface area contributed by atoms with Gasteiger partial charge in [0, 0.05) is 43.6 Å². The standard InChI is InChI=1S/C23H27FN2O/c1-2-23(17-7-18(24)9-19(25)8-17)20-12-26(13-21(20)23)14-22(27)10-15-5-3-4-6-16(15)11-22/h3-9,20-21,27H,2,10-14,25H2,1H3/t20-,21+,23+. The lowest BCUT2D eigenvalue weighted by Gasteiger charge is -2.32. The van der Waals surface area contributed by atoms with Gasteiger partial charge < -0.3 is 10.8 Å². The van der Waals surface area contributed by atoms with E-state index in [9.17, 15) is 9.50 Å². The number of anilines is 1. The summed E-state index contributed by atoms with van der Waals surface area (Å²) in [4.78, 5) is 2.41. The van der Waals surface area contributed by atoms with Crippen molar-refractivity contribution in [1.29, 1.82) is 0 Å². The Hall–Kier alpha value is -1.91. The van der Waals surface area contributed by atoms with E-state index in [4.69, 9.17) is 5.73 Å². The third kappa shape index (κ3) is 2.61. The molecule has 3 aliphatic rings. The lowest BCUT2D eigenvalue weighted by atomic mass is 9.87. The second-order valence-corrected chi connectivity index (χ2v) is 8.92. The summed E-state index contributed by atoms with van der Waals surface area (Å²) in [6, 6.07) is 13.4. The van der Waals surface area contributed by atoms with E-state index in [1.807, 2.05) is 6.07 Å². The Morgan fingerprint density at radius 2 is 1.74 bits per heavy atom. The van der Waals surface area contributed by atoms with Gasteiger partial charge in [-0.05, 0) is 53.1 Å². The van der Waals surface area contributed by atoms with E-state index in [1.165, 1.54) is 17.2 Å². The van der Waals surface area contributed by atoms with Gasteiger partial charge in [-0.25, -0.2) is 4.39 Å². The van der Waals surface area contributed by atoms with Crippen LogP contribution < -0.4 is 5.73 Å². The first-order valence-corrected chi connectivity index (χ1v) is 10.0. The molecule has 1 heterocycles. The smallest absolute Gasteiger partial charge is 0.125 e. The van der Waals surface area contributed by atoms with Gasteiger partial charge >= 0.3 is 0 Å². The molecule has 3 atom stereocenters. The number of nitrogens with two attached hydrogens (primary N) is 1. The summed E-state index contributed by atoms with van der Waals surface area (Å²) in [6.45, 7) is 4.88. The van der Waals surface area contributed by atoms with Crippen LogP contribution in [0.3, 0.4) is 0 Å². The second kappa shape index (κ2) is 5.79. The minimum atomic E-state index is -0.654. The Morgan fingerprint density at radius 3 is 2.30 bits per heavy atom. The summed E-state index contributed by atoms with van der Waals surface area (Å²) in [5.41, 5.74) is 9.44. The molecule has 2 aliphatic carbocycles. The van der Waals surface area contributed by atoms with Crippen LogP contribution in [-0.4, -0.2) is 35.2 Å². The van der Waals surface area contributed by atoms with Gasteiger partial charge in [-0.3, -0.25) is 4.90 Å². The molecule has 0 radical (unpaired) electrons. The Balaban J connectivity index is 1.29. The Kier molecular flexibility index (Phi) is 3.69. The summed E-state index contributed by atoms with van der Waals surface area (Å²) in [5, 5.41) is 11.1. The van der Waals surface area contributed by atoms with Crippen LogP contribution in [0.5, 0.6) is 0 Å². The maximum Gasteiger partial charge on any atom is 0.125 e. The van der Waals surface area contributed by atoms with Crippen LogP contribution >= 0.6 is 0 Å². The summed E-state index contributed by atoms with van der Waals surface area (Å²) in [6.07, 6.45) is 2.50. The van der Waals surface area contributed by atoms with Gasteiger partial charge in [0.25, 0.3) is 0 Å². The van der Waals surface area contributed by atoms with Gasteiger partial charge in [0.1, 0.15) is 5.82 Å². The number of benzene rings is 2. The molecule has 27 heavy (non-hydrogen) atoms. The predicted molar refractivity (Wildman–Crippen MR) is 105 cm³/mol. The first-order chi connectivity index (χ1) is 12.9. The second-order valence-electron chi connectivity index (χ2n) is 8.92. The van der Waals surface area contributed by atoms with Gasteiger partial charge in [-0.2, -0.15) is 0 Å². The third-order valence-electron chi connectivity index (χ3n) is 7.33. The number of nitrogens with zero attached hydrogens (tertiary/aromatic N) is 1. The number of halogens is 1. The quantitative estimate of drug-likeness (QED) is 0.818. The van der Waals surface area contributed by atoms with E-state index in [2.05, 4.69) is 36.1 Å². The molecule has 2 aromatic rings. The number of hydrogen-bond donors (Lipinski definition) is 2. The van der Waals surface area contributed by atoms with E-state index in [-0.39, 0.29) is 11.2 Å². The zero-order valence-electron chi connectivity index (χ0n) is 15.8. The van der Waals surface area contributed by atoms with E-state index in [1.54, 1.807) is 6.07 Å². The molecular formula is C23H27FN2O. The van der Waals surface area contributed by atoms with Crippen LogP contribution in [-0.2, 0) is 18.3 Å². The molecule has 5 rings (SSSR count). The van der Waals surface area contributed by atoms with Crippen molar-refractivity contribution >= 4 is 5.69 Å². The maximum atomic E-state index is 13.9. The van der Waals surface area contributed by atoms with E-state index >= 15 is 0 Å². The Labute approximate surface area is 160 Å². The fourth-order valence-electron chi connectivity index (χ4n) is 6.18. The van der Waals surface area contributed by atoms with Crippen LogP contribution in [0.25, 0.3) is 0 Å². The third-order valence-corrected chi connectivity index (χ3v) is 7.33. The topological polar surface area (TPSA) is 49.5 Å². The van der Waals surface area contributed by atoms with Gasteiger partial charge in [0.2, 0.25) is 0 Å². The molecule has 1 saturated carbocycles. The molecule has 3 nitrogen and oxygen atoms in total. The molecule has 0 bridgehead atoms. The number of β-amino-alcohol motifs (C(OH)–C–C–N with tert-alkyl or cyclic N) is 1. The highest BCUT2D eigenvalue weighted by Crippen LogP contribution is 2.65. The summed E-state index contributed by atoms with van der Waals surface area (Å²) < 4.78 is 13.9. The normalized spacial score (nSPS) is 30.9. The number of fused-ring (bicyclic) bond motifs is 2. The first-order valence-electron chi connectivity index (χ1n) is 10.0. The molecule has 0 unspecified atom stereocenters. The predicted octanol–water partition coefficient (Wildman–Crippen LogP) is 3.15. The van der Waals surface area contributed by atoms with Crippen molar-refractivity contribution in [2.75, 3.05) is 25.4 Å². The van der Waals surface area contributed by atoms with Crippen molar-refractivity contribution in [3.63, 3.8) is 0 Å². The van der Waals surface area contributed by atoms with Crippen LogP contribution in [0.2, 0.25) is 0 Å². The van der Waals surface area contributed by atoms with E-state index in [0.717, 1.165) is 44.5 Å².